The first-order chi connectivity index (χ1) is 9.91. The molecule has 1 aromatic heterocycles. The molecule has 116 valence electrons. The van der Waals surface area contributed by atoms with E-state index in [4.69, 9.17) is 10.9 Å². The molecule has 0 radical (unpaired) electrons. The quantitative estimate of drug-likeness (QED) is 0.371. The molecule has 0 bridgehead atoms. The summed E-state index contributed by atoms with van der Waals surface area (Å²) in [5.41, 5.74) is 7.68. The van der Waals surface area contributed by atoms with Gasteiger partial charge in [0.25, 0.3) is 0 Å². The van der Waals surface area contributed by atoms with Gasteiger partial charge in [0.1, 0.15) is 5.82 Å². The lowest BCUT2D eigenvalue weighted by Gasteiger charge is -2.49. The highest BCUT2D eigenvalue weighted by molar-refractivity contribution is 6.02. The fourth-order valence-corrected chi connectivity index (χ4v) is 3.05. The number of rotatable bonds is 5. The highest BCUT2D eigenvalue weighted by Crippen LogP contribution is 2.37. The summed E-state index contributed by atoms with van der Waals surface area (Å²) in [6.45, 7) is 2.82. The summed E-state index contributed by atoms with van der Waals surface area (Å²) < 4.78 is 0. The number of hydrogen-bond acceptors (Lipinski definition) is 5. The summed E-state index contributed by atoms with van der Waals surface area (Å²) in [7, 11) is 6.27. The van der Waals surface area contributed by atoms with Crippen LogP contribution in [0.15, 0.2) is 17.4 Å². The standard InChI is InChI=1S/C15H25N5O/c1-11-6-9-17-14(12(11)13(16)18-21)20(4)10-15(19(2)3)7-5-8-15/h6,9,21H,5,7-8,10H2,1-4H3,(H2,16,18). The second-order valence-electron chi connectivity index (χ2n) is 6.14. The third-order valence-corrected chi connectivity index (χ3v) is 4.63. The van der Waals surface area contributed by atoms with Gasteiger partial charge in [0.15, 0.2) is 5.84 Å². The van der Waals surface area contributed by atoms with Crippen molar-refractivity contribution in [1.82, 2.24) is 9.88 Å². The van der Waals surface area contributed by atoms with Crippen LogP contribution in [0.2, 0.25) is 0 Å². The smallest absolute Gasteiger partial charge is 0.174 e. The predicted octanol–water partition coefficient (Wildman–Crippen LogP) is 1.41. The summed E-state index contributed by atoms with van der Waals surface area (Å²) in [6, 6.07) is 1.87. The number of nitrogens with two attached hydrogens (primary N) is 1. The lowest BCUT2D eigenvalue weighted by atomic mass is 9.75. The number of hydrogen-bond donors (Lipinski definition) is 2. The van der Waals surface area contributed by atoms with E-state index in [9.17, 15) is 0 Å². The van der Waals surface area contributed by atoms with Gasteiger partial charge in [0.2, 0.25) is 0 Å². The second-order valence-corrected chi connectivity index (χ2v) is 6.14. The SMILES string of the molecule is Cc1ccnc(N(C)CC2(N(C)C)CCC2)c1/C(N)=N/O. The van der Waals surface area contributed by atoms with Crippen molar-refractivity contribution >= 4 is 11.7 Å². The second kappa shape index (κ2) is 5.89. The van der Waals surface area contributed by atoms with Gasteiger partial charge >= 0.3 is 0 Å². The van der Waals surface area contributed by atoms with Crippen LogP contribution in [-0.4, -0.2) is 54.2 Å². The number of nitrogens with zero attached hydrogens (tertiary/aromatic N) is 4. The van der Waals surface area contributed by atoms with E-state index in [1.807, 2.05) is 20.0 Å². The van der Waals surface area contributed by atoms with E-state index in [0.717, 1.165) is 17.9 Å². The number of aryl methyl sites for hydroxylation is 1. The molecule has 1 saturated carbocycles. The number of amidine groups is 1. The van der Waals surface area contributed by atoms with Gasteiger partial charge in [-0.3, -0.25) is 0 Å². The number of pyridine rings is 1. The Hall–Kier alpha value is -1.82. The molecule has 1 fully saturated rings. The zero-order chi connectivity index (χ0) is 15.6. The van der Waals surface area contributed by atoms with Crippen molar-refractivity contribution in [3.05, 3.63) is 23.4 Å². The summed E-state index contributed by atoms with van der Waals surface area (Å²) >= 11 is 0. The third-order valence-electron chi connectivity index (χ3n) is 4.63. The molecule has 0 spiro atoms. The normalized spacial score (nSPS) is 17.7. The zero-order valence-corrected chi connectivity index (χ0v) is 13.3. The molecular formula is C15H25N5O. The van der Waals surface area contributed by atoms with Crippen LogP contribution >= 0.6 is 0 Å². The van der Waals surface area contributed by atoms with Crippen LogP contribution in [0.5, 0.6) is 0 Å². The maximum atomic E-state index is 9.01. The van der Waals surface area contributed by atoms with E-state index in [1.165, 1.54) is 19.3 Å². The molecule has 6 nitrogen and oxygen atoms in total. The molecule has 1 aromatic rings. The van der Waals surface area contributed by atoms with Gasteiger partial charge in [0, 0.05) is 25.3 Å². The van der Waals surface area contributed by atoms with E-state index < -0.39 is 0 Å². The molecule has 0 unspecified atom stereocenters. The van der Waals surface area contributed by atoms with Gasteiger partial charge in [-0.2, -0.15) is 0 Å². The van der Waals surface area contributed by atoms with Crippen LogP contribution in [0.1, 0.15) is 30.4 Å². The average Bonchev–Trinajstić information content (AvgIpc) is 2.41. The van der Waals surface area contributed by atoms with Crippen LogP contribution in [0.3, 0.4) is 0 Å². The highest BCUT2D eigenvalue weighted by atomic mass is 16.4. The first-order valence-corrected chi connectivity index (χ1v) is 7.23. The van der Waals surface area contributed by atoms with Gasteiger partial charge in [-0.05, 0) is 51.9 Å². The fourth-order valence-electron chi connectivity index (χ4n) is 3.05. The van der Waals surface area contributed by atoms with E-state index in [1.54, 1.807) is 6.20 Å². The van der Waals surface area contributed by atoms with Crippen LogP contribution in [0, 0.1) is 6.92 Å². The summed E-state index contributed by atoms with van der Waals surface area (Å²) in [6.07, 6.45) is 5.41. The first-order valence-electron chi connectivity index (χ1n) is 7.23. The Labute approximate surface area is 126 Å². The van der Waals surface area contributed by atoms with Crippen molar-refractivity contribution in [3.63, 3.8) is 0 Å². The molecule has 0 saturated heterocycles. The van der Waals surface area contributed by atoms with Crippen molar-refractivity contribution in [2.75, 3.05) is 32.6 Å². The minimum Gasteiger partial charge on any atom is -0.409 e. The van der Waals surface area contributed by atoms with Gasteiger partial charge in [0.05, 0.1) is 5.56 Å². The minimum atomic E-state index is 0.106. The Morgan fingerprint density at radius 2 is 2.10 bits per heavy atom. The molecule has 0 atom stereocenters. The highest BCUT2D eigenvalue weighted by Gasteiger charge is 2.40. The van der Waals surface area contributed by atoms with Gasteiger partial charge in [-0.1, -0.05) is 5.16 Å². The van der Waals surface area contributed by atoms with Gasteiger partial charge < -0.3 is 20.7 Å². The van der Waals surface area contributed by atoms with Crippen molar-refractivity contribution in [3.8, 4) is 0 Å². The van der Waals surface area contributed by atoms with Crippen molar-refractivity contribution in [1.29, 1.82) is 0 Å². The number of anilines is 1. The van der Waals surface area contributed by atoms with Crippen LogP contribution in [-0.2, 0) is 0 Å². The molecule has 1 heterocycles. The Morgan fingerprint density at radius 3 is 2.57 bits per heavy atom. The molecule has 3 N–H and O–H groups in total. The van der Waals surface area contributed by atoms with Crippen molar-refractivity contribution in [2.24, 2.45) is 10.9 Å². The first kappa shape index (κ1) is 15.6. The summed E-state index contributed by atoms with van der Waals surface area (Å²) in [5, 5.41) is 12.2. The van der Waals surface area contributed by atoms with Gasteiger partial charge in [-0.15, -0.1) is 0 Å². The molecule has 1 aliphatic carbocycles. The minimum absolute atomic E-state index is 0.106. The lowest BCUT2D eigenvalue weighted by Crippen LogP contribution is -2.57. The molecule has 0 aliphatic heterocycles. The Balaban J connectivity index is 2.31. The van der Waals surface area contributed by atoms with E-state index in [2.05, 4.69) is 34.0 Å². The van der Waals surface area contributed by atoms with E-state index in [0.29, 0.717) is 5.56 Å². The predicted molar refractivity (Wildman–Crippen MR) is 85.0 cm³/mol. The summed E-state index contributed by atoms with van der Waals surface area (Å²) in [5.74, 6) is 0.869. The molecule has 2 rings (SSSR count). The molecule has 0 amide bonds. The largest absolute Gasteiger partial charge is 0.409 e. The number of aromatic nitrogens is 1. The Morgan fingerprint density at radius 1 is 1.43 bits per heavy atom. The van der Waals surface area contributed by atoms with E-state index in [-0.39, 0.29) is 11.4 Å². The molecule has 21 heavy (non-hydrogen) atoms. The molecule has 0 aromatic carbocycles. The average molecular weight is 291 g/mol. The molecular weight excluding hydrogens is 266 g/mol. The maximum absolute atomic E-state index is 9.01. The Bertz CT molecular complexity index is 537. The fraction of sp³-hybridized carbons (Fsp3) is 0.600. The third kappa shape index (κ3) is 2.81. The number of likely N-dealkylation sites (N-methyl/N-ethyl adjacent to an activating group) is 2. The van der Waals surface area contributed by atoms with E-state index >= 15 is 0 Å². The maximum Gasteiger partial charge on any atom is 0.174 e. The van der Waals surface area contributed by atoms with Crippen LogP contribution in [0.4, 0.5) is 5.82 Å². The van der Waals surface area contributed by atoms with Crippen LogP contribution in [0.25, 0.3) is 0 Å². The van der Waals surface area contributed by atoms with Crippen LogP contribution < -0.4 is 10.6 Å². The zero-order valence-electron chi connectivity index (χ0n) is 13.3. The van der Waals surface area contributed by atoms with Crippen molar-refractivity contribution in [2.45, 2.75) is 31.7 Å². The summed E-state index contributed by atoms with van der Waals surface area (Å²) in [4.78, 5) is 8.85. The monoisotopic (exact) mass is 291 g/mol. The number of oxime groups is 1. The van der Waals surface area contributed by atoms with Crippen molar-refractivity contribution < 1.29 is 5.21 Å². The molecule has 1 aliphatic rings. The Kier molecular flexibility index (Phi) is 4.37. The molecule has 6 heteroatoms. The lowest BCUT2D eigenvalue weighted by molar-refractivity contribution is 0.0682. The van der Waals surface area contributed by atoms with Gasteiger partial charge in [-0.25, -0.2) is 4.98 Å². The topological polar surface area (TPSA) is 78.0 Å².